The van der Waals surface area contributed by atoms with Crippen LogP contribution in [0.2, 0.25) is 0 Å². The first-order valence-electron chi connectivity index (χ1n) is 15.3. The molecule has 226 valence electrons. The highest BCUT2D eigenvalue weighted by Crippen LogP contribution is 2.34. The predicted octanol–water partition coefficient (Wildman–Crippen LogP) is 5.25. The number of rotatable bonds is 9. The average molecular weight is 657 g/mol. The van der Waals surface area contributed by atoms with Gasteiger partial charge in [0.2, 0.25) is 0 Å². The first-order valence-corrected chi connectivity index (χ1v) is 16.1. The van der Waals surface area contributed by atoms with E-state index in [4.69, 9.17) is 9.72 Å². The Kier molecular flexibility index (Phi) is 8.33. The van der Waals surface area contributed by atoms with Gasteiger partial charge in [-0.3, -0.25) is 23.3 Å². The Morgan fingerprint density at radius 3 is 2.07 bits per heavy atom. The molecule has 2 saturated carbocycles. The Bertz CT molecular complexity index is 1820. The van der Waals surface area contributed by atoms with Gasteiger partial charge in [0, 0.05) is 37.6 Å². The first-order chi connectivity index (χ1) is 21.6. The van der Waals surface area contributed by atoms with Gasteiger partial charge in [-0.15, -0.1) is 0 Å². The van der Waals surface area contributed by atoms with Crippen LogP contribution in [0, 0.1) is 11.8 Å². The molecule has 8 rings (SSSR count). The van der Waals surface area contributed by atoms with Crippen LogP contribution in [-0.2, 0) is 24.1 Å². The Morgan fingerprint density at radius 1 is 0.841 bits per heavy atom. The number of carbonyl (C=O) groups is 2. The van der Waals surface area contributed by atoms with Crippen molar-refractivity contribution in [2.45, 2.75) is 45.1 Å². The lowest BCUT2D eigenvalue weighted by atomic mass is 10.1. The monoisotopic (exact) mass is 655 g/mol. The molecule has 10 nitrogen and oxygen atoms in total. The fraction of sp³-hybridized carbons (Fsp3) is 0.394. The maximum atomic E-state index is 11.5. The summed E-state index contributed by atoms with van der Waals surface area (Å²) in [4.78, 5) is 42.8. The normalized spacial score (nSPS) is 17.0. The van der Waals surface area contributed by atoms with E-state index in [-0.39, 0.29) is 0 Å². The first kappa shape index (κ1) is 28.9. The summed E-state index contributed by atoms with van der Waals surface area (Å²) in [6.07, 6.45) is 15.6. The summed E-state index contributed by atoms with van der Waals surface area (Å²) in [5, 5.41) is 0. The van der Waals surface area contributed by atoms with Crippen molar-refractivity contribution < 1.29 is 14.3 Å². The Labute approximate surface area is 263 Å². The highest BCUT2D eigenvalue weighted by atomic mass is 79.9. The molecule has 0 radical (unpaired) electrons. The summed E-state index contributed by atoms with van der Waals surface area (Å²) in [6, 6.07) is 8.56. The largest absolute Gasteiger partial charge is 0.379 e. The highest BCUT2D eigenvalue weighted by Gasteiger charge is 2.25. The van der Waals surface area contributed by atoms with Gasteiger partial charge in [-0.25, -0.2) is 19.9 Å². The van der Waals surface area contributed by atoms with Gasteiger partial charge >= 0.3 is 0 Å². The Hall–Kier alpha value is -3.80. The van der Waals surface area contributed by atoms with E-state index in [0.29, 0.717) is 17.3 Å². The van der Waals surface area contributed by atoms with Crippen LogP contribution >= 0.6 is 15.9 Å². The van der Waals surface area contributed by atoms with Crippen LogP contribution in [0.4, 0.5) is 0 Å². The lowest BCUT2D eigenvalue weighted by molar-refractivity contribution is 0.0342. The van der Waals surface area contributed by atoms with Gasteiger partial charge in [0.05, 0.1) is 42.7 Å². The Morgan fingerprint density at radius 2 is 1.45 bits per heavy atom. The van der Waals surface area contributed by atoms with E-state index in [1.165, 1.54) is 31.2 Å². The lowest BCUT2D eigenvalue weighted by Gasteiger charge is -2.26. The van der Waals surface area contributed by atoms with Crippen molar-refractivity contribution in [2.75, 3.05) is 26.3 Å². The molecule has 1 saturated heterocycles. The van der Waals surface area contributed by atoms with Crippen LogP contribution in [0.1, 0.15) is 63.6 Å². The number of imidazole rings is 2. The number of nitrogens with zero attached hydrogens (tertiary/aromatic N) is 7. The van der Waals surface area contributed by atoms with Crippen LogP contribution in [-0.4, -0.2) is 72.5 Å². The molecular formula is C33H34BrN7O3. The summed E-state index contributed by atoms with van der Waals surface area (Å²) in [6.45, 7) is 4.46. The van der Waals surface area contributed by atoms with Crippen LogP contribution in [0.25, 0.3) is 22.6 Å². The molecule has 0 unspecified atom stereocenters. The summed E-state index contributed by atoms with van der Waals surface area (Å²) in [5.74, 6) is 1.46. The second kappa shape index (κ2) is 12.7. The average Bonchev–Trinajstić information content (AvgIpc) is 3.96. The third-order valence-corrected chi connectivity index (χ3v) is 8.87. The molecule has 1 aliphatic heterocycles. The molecule has 5 aromatic rings. The number of fused-ring (bicyclic) bond motifs is 2. The number of aromatic nitrogens is 6. The minimum atomic E-state index is 0.565. The van der Waals surface area contributed by atoms with Crippen molar-refractivity contribution >= 4 is 39.8 Å². The van der Waals surface area contributed by atoms with Gasteiger partial charge in [0.1, 0.15) is 16.0 Å². The number of morpholine rings is 1. The number of aldehydes is 2. The number of hydrogen-bond acceptors (Lipinski definition) is 8. The van der Waals surface area contributed by atoms with Crippen molar-refractivity contribution in [2.24, 2.45) is 11.8 Å². The maximum absolute atomic E-state index is 11.5. The molecule has 3 fully saturated rings. The molecule has 2 aliphatic carbocycles. The fourth-order valence-electron chi connectivity index (χ4n) is 5.73. The summed E-state index contributed by atoms with van der Waals surface area (Å²) in [7, 11) is 0. The second-order valence-corrected chi connectivity index (χ2v) is 12.8. The van der Waals surface area contributed by atoms with Crippen LogP contribution < -0.4 is 0 Å². The molecule has 1 aromatic carbocycles. The van der Waals surface area contributed by atoms with Gasteiger partial charge in [0.15, 0.2) is 23.9 Å². The van der Waals surface area contributed by atoms with Gasteiger partial charge in [-0.05, 0) is 77.9 Å². The molecule has 11 heteroatoms. The molecule has 3 aliphatic rings. The molecular weight excluding hydrogens is 622 g/mol. The van der Waals surface area contributed by atoms with Gasteiger partial charge in [-0.1, -0.05) is 18.2 Å². The van der Waals surface area contributed by atoms with Gasteiger partial charge < -0.3 is 4.74 Å². The van der Waals surface area contributed by atoms with Crippen molar-refractivity contribution in [3.63, 3.8) is 0 Å². The second-order valence-electron chi connectivity index (χ2n) is 12.0. The topological polar surface area (TPSA) is 107 Å². The summed E-state index contributed by atoms with van der Waals surface area (Å²) in [5.41, 5.74) is 7.96. The zero-order valence-electron chi connectivity index (χ0n) is 24.4. The van der Waals surface area contributed by atoms with E-state index in [1.807, 2.05) is 10.6 Å². The zero-order chi connectivity index (χ0) is 30.0. The van der Waals surface area contributed by atoms with Crippen molar-refractivity contribution in [1.29, 1.82) is 0 Å². The highest BCUT2D eigenvalue weighted by molar-refractivity contribution is 9.10. The summed E-state index contributed by atoms with van der Waals surface area (Å²) < 4.78 is 9.88. The number of ether oxygens (including phenoxy) is 1. The quantitative estimate of drug-likeness (QED) is 0.198. The minimum absolute atomic E-state index is 0.565. The van der Waals surface area contributed by atoms with E-state index in [0.717, 1.165) is 103 Å². The smallest absolute Gasteiger partial charge is 0.168 e. The molecule has 4 aromatic heterocycles. The van der Waals surface area contributed by atoms with E-state index < -0.39 is 0 Å². The van der Waals surface area contributed by atoms with Crippen molar-refractivity contribution in [3.8, 4) is 11.3 Å². The molecule has 0 amide bonds. The van der Waals surface area contributed by atoms with Crippen LogP contribution in [0.3, 0.4) is 0 Å². The van der Waals surface area contributed by atoms with E-state index in [2.05, 4.69) is 60.0 Å². The molecule has 5 heterocycles. The predicted molar refractivity (Wildman–Crippen MR) is 169 cm³/mol. The minimum Gasteiger partial charge on any atom is -0.379 e. The maximum Gasteiger partial charge on any atom is 0.168 e. The van der Waals surface area contributed by atoms with E-state index in [1.54, 1.807) is 23.0 Å². The molecule has 0 spiro atoms. The SMILES string of the molecule is O=Cc1cnc2c(CC3CC3)nc(-c3cccc(CN4CCOCC4)c3)cn12.O=Cc1cnc2c(CC3CC3)nc(Br)cn12. The standard InChI is InChI=1S/C22H24N4O2.C11H10BrN3O/c27-15-19-12-23-22-20(11-16-4-5-16)24-21(14-26(19)22)18-3-1-2-17(10-18)13-25-6-8-28-9-7-25;12-10-5-15-8(6-16)4-13-11(15)9(14-10)3-7-1-2-7/h1-3,10,12,14-16H,4-9,11,13H2;4-7H,1-3H2. The van der Waals surface area contributed by atoms with E-state index >= 15 is 0 Å². The fourth-order valence-corrected chi connectivity index (χ4v) is 6.15. The lowest BCUT2D eigenvalue weighted by Crippen LogP contribution is -2.35. The third-order valence-electron chi connectivity index (χ3n) is 8.48. The van der Waals surface area contributed by atoms with E-state index in [9.17, 15) is 9.59 Å². The molecule has 44 heavy (non-hydrogen) atoms. The molecule has 0 bridgehead atoms. The van der Waals surface area contributed by atoms with Gasteiger partial charge in [0.25, 0.3) is 0 Å². The van der Waals surface area contributed by atoms with Crippen molar-refractivity contribution in [1.82, 2.24) is 33.6 Å². The molecule has 0 N–H and O–H groups in total. The third kappa shape index (κ3) is 6.50. The molecule has 0 atom stereocenters. The number of benzene rings is 1. The van der Waals surface area contributed by atoms with Crippen LogP contribution in [0.5, 0.6) is 0 Å². The Balaban J connectivity index is 0.000000165. The number of carbonyl (C=O) groups excluding carboxylic acids is 2. The number of hydrogen-bond donors (Lipinski definition) is 0. The van der Waals surface area contributed by atoms with Crippen LogP contribution in [0.15, 0.2) is 53.7 Å². The summed E-state index contributed by atoms with van der Waals surface area (Å²) >= 11 is 3.37. The van der Waals surface area contributed by atoms with Gasteiger partial charge in [-0.2, -0.15) is 0 Å². The zero-order valence-corrected chi connectivity index (χ0v) is 26.0. The van der Waals surface area contributed by atoms with Crippen molar-refractivity contribution in [3.05, 3.63) is 82.0 Å². The number of halogens is 1.